The molecule has 0 bridgehead atoms. The van der Waals surface area contributed by atoms with Gasteiger partial charge in [0, 0.05) is 23.9 Å². The zero-order valence-corrected chi connectivity index (χ0v) is 17.3. The molecule has 2 aromatic rings. The summed E-state index contributed by atoms with van der Waals surface area (Å²) >= 11 is 7.77. The van der Waals surface area contributed by atoms with E-state index in [9.17, 15) is 13.2 Å². The molecule has 1 amide bonds. The summed E-state index contributed by atoms with van der Waals surface area (Å²) in [6.07, 6.45) is 0.376. The van der Waals surface area contributed by atoms with Crippen LogP contribution in [0, 0.1) is 0 Å². The fourth-order valence-corrected chi connectivity index (χ4v) is 6.24. The Kier molecular flexibility index (Phi) is 6.84. The second-order valence-corrected chi connectivity index (χ2v) is 10.2. The lowest BCUT2D eigenvalue weighted by molar-refractivity contribution is -0.128. The number of nitrogens with zero attached hydrogens (tertiary/aromatic N) is 1. The van der Waals surface area contributed by atoms with Gasteiger partial charge in [0.15, 0.2) is 9.84 Å². The molecule has 0 saturated carbocycles. The number of carbonyl (C=O) groups excluding carboxylic acids is 1. The maximum Gasteiger partial charge on any atom is 0.232 e. The molecule has 1 aliphatic heterocycles. The van der Waals surface area contributed by atoms with E-state index in [1.54, 1.807) is 40.9 Å². The van der Waals surface area contributed by atoms with Crippen molar-refractivity contribution in [1.29, 1.82) is 0 Å². The normalized spacial score (nSPS) is 19.4. The summed E-state index contributed by atoms with van der Waals surface area (Å²) in [6, 6.07) is 17.0. The summed E-state index contributed by atoms with van der Waals surface area (Å²) in [5, 5.41) is -0.190. The zero-order valence-electron chi connectivity index (χ0n) is 14.9. The fraction of sp³-hybridized carbons (Fsp3) is 0.350. The standard InChI is InChI=1S/C20H22ClNO3S2/c21-18-9-5-4-8-17(18)19-10-11-22(12-13-27(19,24)25)20(23)15-26-14-16-6-2-1-3-7-16/h1-9,19H,10-15H2. The van der Waals surface area contributed by atoms with Crippen LogP contribution in [0.3, 0.4) is 0 Å². The lowest BCUT2D eigenvalue weighted by Crippen LogP contribution is -2.34. The number of sulfone groups is 1. The van der Waals surface area contributed by atoms with Crippen LogP contribution in [0.4, 0.5) is 0 Å². The first-order valence-electron chi connectivity index (χ1n) is 8.83. The molecule has 1 saturated heterocycles. The van der Waals surface area contributed by atoms with Crippen LogP contribution < -0.4 is 0 Å². The van der Waals surface area contributed by atoms with E-state index in [0.29, 0.717) is 29.3 Å². The highest BCUT2D eigenvalue weighted by atomic mass is 35.5. The summed E-state index contributed by atoms with van der Waals surface area (Å²) in [6.45, 7) is 0.674. The van der Waals surface area contributed by atoms with Crippen molar-refractivity contribution < 1.29 is 13.2 Å². The maximum atomic E-state index is 12.7. The smallest absolute Gasteiger partial charge is 0.232 e. The van der Waals surface area contributed by atoms with Gasteiger partial charge in [0.25, 0.3) is 0 Å². The summed E-state index contributed by atoms with van der Waals surface area (Å²) < 4.78 is 25.4. The van der Waals surface area contributed by atoms with Gasteiger partial charge in [-0.1, -0.05) is 60.1 Å². The van der Waals surface area contributed by atoms with Crippen molar-refractivity contribution in [2.45, 2.75) is 17.4 Å². The van der Waals surface area contributed by atoms with Crippen LogP contribution in [0.25, 0.3) is 0 Å². The van der Waals surface area contributed by atoms with Gasteiger partial charge in [-0.25, -0.2) is 8.42 Å². The molecule has 3 rings (SSSR count). The van der Waals surface area contributed by atoms with E-state index in [-0.39, 0.29) is 18.2 Å². The molecule has 2 aromatic carbocycles. The van der Waals surface area contributed by atoms with E-state index in [1.165, 1.54) is 5.56 Å². The molecule has 1 unspecified atom stereocenters. The summed E-state index contributed by atoms with van der Waals surface area (Å²) in [7, 11) is -3.35. The minimum Gasteiger partial charge on any atom is -0.341 e. The molecule has 0 aliphatic carbocycles. The summed E-state index contributed by atoms with van der Waals surface area (Å²) in [4.78, 5) is 14.2. The number of thioether (sulfide) groups is 1. The number of carbonyl (C=O) groups is 1. The predicted molar refractivity (Wildman–Crippen MR) is 112 cm³/mol. The molecule has 0 spiro atoms. The van der Waals surface area contributed by atoms with Crippen LogP contribution in [0.1, 0.15) is 22.8 Å². The molecule has 1 aliphatic rings. The Morgan fingerprint density at radius 3 is 2.52 bits per heavy atom. The van der Waals surface area contributed by atoms with Gasteiger partial charge in [0.2, 0.25) is 5.91 Å². The Labute approximate surface area is 169 Å². The molecule has 4 nitrogen and oxygen atoms in total. The molecule has 0 N–H and O–H groups in total. The van der Waals surface area contributed by atoms with Gasteiger partial charge in [-0.05, 0) is 23.6 Å². The van der Waals surface area contributed by atoms with E-state index in [1.807, 2.05) is 30.3 Å². The van der Waals surface area contributed by atoms with Crippen molar-refractivity contribution in [3.05, 3.63) is 70.7 Å². The number of hydrogen-bond donors (Lipinski definition) is 0. The number of hydrogen-bond acceptors (Lipinski definition) is 4. The lowest BCUT2D eigenvalue weighted by Gasteiger charge is -2.20. The highest BCUT2D eigenvalue weighted by Crippen LogP contribution is 2.33. The van der Waals surface area contributed by atoms with E-state index in [0.717, 1.165) is 5.75 Å². The first-order chi connectivity index (χ1) is 13.0. The van der Waals surface area contributed by atoms with Crippen LogP contribution >= 0.6 is 23.4 Å². The Morgan fingerprint density at radius 2 is 1.78 bits per heavy atom. The van der Waals surface area contributed by atoms with Crippen molar-refractivity contribution in [3.63, 3.8) is 0 Å². The van der Waals surface area contributed by atoms with Crippen LogP contribution in [0.5, 0.6) is 0 Å². The summed E-state index contributed by atoms with van der Waals surface area (Å²) in [5.74, 6) is 1.08. The van der Waals surface area contributed by atoms with Gasteiger partial charge < -0.3 is 4.90 Å². The zero-order chi connectivity index (χ0) is 19.3. The molecule has 7 heteroatoms. The van der Waals surface area contributed by atoms with Crippen LogP contribution in [0.2, 0.25) is 5.02 Å². The van der Waals surface area contributed by atoms with Crippen molar-refractivity contribution >= 4 is 39.1 Å². The largest absolute Gasteiger partial charge is 0.341 e. The Morgan fingerprint density at radius 1 is 1.07 bits per heavy atom. The Balaban J connectivity index is 1.61. The number of benzene rings is 2. The van der Waals surface area contributed by atoms with E-state index < -0.39 is 15.1 Å². The maximum absolute atomic E-state index is 12.7. The number of halogens is 1. The van der Waals surface area contributed by atoms with Crippen molar-refractivity contribution in [3.8, 4) is 0 Å². The molecule has 0 aromatic heterocycles. The average molecular weight is 424 g/mol. The third kappa shape index (κ3) is 5.27. The summed E-state index contributed by atoms with van der Waals surface area (Å²) in [5.41, 5.74) is 1.81. The number of amides is 1. The van der Waals surface area contributed by atoms with Crippen LogP contribution in [-0.4, -0.2) is 43.8 Å². The van der Waals surface area contributed by atoms with Crippen molar-refractivity contribution in [1.82, 2.24) is 4.90 Å². The first kappa shape index (κ1) is 20.2. The number of rotatable bonds is 5. The van der Waals surface area contributed by atoms with Crippen molar-refractivity contribution in [2.75, 3.05) is 24.6 Å². The molecule has 27 heavy (non-hydrogen) atoms. The van der Waals surface area contributed by atoms with Gasteiger partial charge in [0.05, 0.1) is 16.8 Å². The highest BCUT2D eigenvalue weighted by molar-refractivity contribution is 7.99. The average Bonchev–Trinajstić information content (AvgIpc) is 2.81. The van der Waals surface area contributed by atoms with E-state index in [4.69, 9.17) is 11.6 Å². The lowest BCUT2D eigenvalue weighted by atomic mass is 10.1. The minimum absolute atomic E-state index is 0.00839. The molecule has 1 heterocycles. The van der Waals surface area contributed by atoms with Gasteiger partial charge in [-0.2, -0.15) is 0 Å². The van der Waals surface area contributed by atoms with Gasteiger partial charge in [0.1, 0.15) is 0 Å². The van der Waals surface area contributed by atoms with Gasteiger partial charge in [-0.15, -0.1) is 11.8 Å². The first-order valence-corrected chi connectivity index (χ1v) is 12.1. The topological polar surface area (TPSA) is 54.5 Å². The molecule has 0 radical (unpaired) electrons. The SMILES string of the molecule is O=C(CSCc1ccccc1)N1CCC(c2ccccc2Cl)S(=O)(=O)CC1. The second kappa shape index (κ2) is 9.13. The Bertz CT molecular complexity index is 887. The molecule has 144 valence electrons. The monoisotopic (exact) mass is 423 g/mol. The third-order valence-electron chi connectivity index (χ3n) is 4.68. The molecule has 1 atom stereocenters. The fourth-order valence-electron chi connectivity index (χ4n) is 3.20. The quantitative estimate of drug-likeness (QED) is 0.730. The van der Waals surface area contributed by atoms with Gasteiger partial charge >= 0.3 is 0 Å². The highest BCUT2D eigenvalue weighted by Gasteiger charge is 2.33. The van der Waals surface area contributed by atoms with Gasteiger partial charge in [-0.3, -0.25) is 4.79 Å². The second-order valence-electron chi connectivity index (χ2n) is 6.52. The van der Waals surface area contributed by atoms with E-state index in [2.05, 4.69) is 0 Å². The van der Waals surface area contributed by atoms with Crippen molar-refractivity contribution in [2.24, 2.45) is 0 Å². The van der Waals surface area contributed by atoms with E-state index >= 15 is 0 Å². The molecular weight excluding hydrogens is 402 g/mol. The third-order valence-corrected chi connectivity index (χ3v) is 8.12. The van der Waals surface area contributed by atoms with Crippen LogP contribution in [-0.2, 0) is 20.4 Å². The Hall–Kier alpha value is -1.50. The predicted octanol–water partition coefficient (Wildman–Crippen LogP) is 3.96. The minimum atomic E-state index is -3.35. The van der Waals surface area contributed by atoms with Crippen LogP contribution in [0.15, 0.2) is 54.6 Å². The molecular formula is C20H22ClNO3S2. The molecule has 1 fully saturated rings.